The van der Waals surface area contributed by atoms with Gasteiger partial charge in [-0.2, -0.15) is 0 Å². The second-order valence-electron chi connectivity index (χ2n) is 10.1. The highest BCUT2D eigenvalue weighted by Gasteiger charge is 2.54. The summed E-state index contributed by atoms with van der Waals surface area (Å²) >= 11 is 11.4. The Hall–Kier alpha value is -2.58. The third-order valence-electron chi connectivity index (χ3n) is 7.39. The Labute approximate surface area is 218 Å². The van der Waals surface area contributed by atoms with Gasteiger partial charge in [-0.15, -0.1) is 0 Å². The molecule has 0 atom stereocenters. The zero-order valence-electron chi connectivity index (χ0n) is 19.6. The summed E-state index contributed by atoms with van der Waals surface area (Å²) in [6.07, 6.45) is 2.92. The predicted octanol–water partition coefficient (Wildman–Crippen LogP) is 4.67. The molecule has 1 N–H and O–H groups in total. The van der Waals surface area contributed by atoms with Gasteiger partial charge in [0.25, 0.3) is 5.91 Å². The molecule has 0 radical (unpaired) electrons. The summed E-state index contributed by atoms with van der Waals surface area (Å²) < 4.78 is 32.6. The number of benzene rings is 2. The van der Waals surface area contributed by atoms with Gasteiger partial charge >= 0.3 is 0 Å². The minimum absolute atomic E-state index is 0.00390. The Morgan fingerprint density at radius 3 is 2.22 bits per heavy atom. The Morgan fingerprint density at radius 1 is 0.944 bits per heavy atom. The molecule has 2 aromatic carbocycles. The van der Waals surface area contributed by atoms with E-state index in [4.69, 9.17) is 27.9 Å². The summed E-state index contributed by atoms with van der Waals surface area (Å²) in [4.78, 5) is 29.3. The maximum Gasteiger partial charge on any atom is 0.258 e. The fourth-order valence-corrected chi connectivity index (χ4v) is 5.71. The third-order valence-corrected chi connectivity index (χ3v) is 8.00. The molecule has 3 aliphatic rings. The van der Waals surface area contributed by atoms with Gasteiger partial charge < -0.3 is 19.9 Å². The van der Waals surface area contributed by atoms with Crippen LogP contribution in [-0.2, 0) is 9.59 Å². The van der Waals surface area contributed by atoms with Crippen molar-refractivity contribution in [1.29, 1.82) is 0 Å². The molecule has 2 aromatic rings. The quantitative estimate of drug-likeness (QED) is 0.581. The molecule has 6 nitrogen and oxygen atoms in total. The minimum Gasteiger partial charge on any atom is -0.484 e. The molecular formula is C26H27Cl2F2N3O3. The molecule has 3 fully saturated rings. The van der Waals surface area contributed by atoms with Gasteiger partial charge in [0, 0.05) is 55.3 Å². The molecule has 5 rings (SSSR count). The highest BCUT2D eigenvalue weighted by atomic mass is 35.5. The zero-order valence-corrected chi connectivity index (χ0v) is 21.1. The minimum atomic E-state index is -0.600. The molecule has 10 heteroatoms. The van der Waals surface area contributed by atoms with Gasteiger partial charge in [0.1, 0.15) is 17.4 Å². The number of carbonyl (C=O) groups excluding carboxylic acids is 2. The molecule has 1 spiro atoms. The first-order chi connectivity index (χ1) is 17.2. The van der Waals surface area contributed by atoms with Gasteiger partial charge in [-0.3, -0.25) is 9.59 Å². The zero-order chi connectivity index (χ0) is 25.4. The van der Waals surface area contributed by atoms with Crippen molar-refractivity contribution in [3.8, 4) is 5.75 Å². The fourth-order valence-electron chi connectivity index (χ4n) is 5.47. The number of rotatable bonds is 6. The monoisotopic (exact) mass is 537 g/mol. The lowest BCUT2D eigenvalue weighted by Gasteiger charge is -2.61. The third kappa shape index (κ3) is 5.25. The normalized spacial score (nSPS) is 22.6. The van der Waals surface area contributed by atoms with Crippen LogP contribution in [0.4, 0.5) is 14.5 Å². The largest absolute Gasteiger partial charge is 0.484 e. The summed E-state index contributed by atoms with van der Waals surface area (Å²) in [5.74, 6) is -0.891. The van der Waals surface area contributed by atoms with Crippen LogP contribution in [0.15, 0.2) is 36.4 Å². The average Bonchev–Trinajstić information content (AvgIpc) is 2.80. The van der Waals surface area contributed by atoms with E-state index in [1.807, 2.05) is 11.0 Å². The number of likely N-dealkylation sites (tertiary alicyclic amines) is 1. The van der Waals surface area contributed by atoms with Gasteiger partial charge in [0.15, 0.2) is 6.61 Å². The molecule has 1 aliphatic carbocycles. The van der Waals surface area contributed by atoms with Gasteiger partial charge in [0.05, 0.1) is 10.0 Å². The van der Waals surface area contributed by atoms with Crippen molar-refractivity contribution in [1.82, 2.24) is 10.2 Å². The Morgan fingerprint density at radius 2 is 1.58 bits per heavy atom. The van der Waals surface area contributed by atoms with Crippen LogP contribution < -0.4 is 15.0 Å². The molecule has 36 heavy (non-hydrogen) atoms. The van der Waals surface area contributed by atoms with Crippen molar-refractivity contribution in [2.75, 3.05) is 37.7 Å². The first-order valence-electron chi connectivity index (χ1n) is 12.1. The van der Waals surface area contributed by atoms with Gasteiger partial charge in [-0.25, -0.2) is 8.78 Å². The molecule has 1 saturated carbocycles. The lowest BCUT2D eigenvalue weighted by molar-refractivity contribution is -0.150. The molecule has 2 saturated heterocycles. The van der Waals surface area contributed by atoms with Crippen LogP contribution in [0.25, 0.3) is 0 Å². The van der Waals surface area contributed by atoms with Crippen molar-refractivity contribution >= 4 is 40.7 Å². The number of hydrogen-bond acceptors (Lipinski definition) is 4. The van der Waals surface area contributed by atoms with E-state index in [2.05, 4.69) is 10.2 Å². The Kier molecular flexibility index (Phi) is 7.01. The number of ether oxygens (including phenoxy) is 1. The van der Waals surface area contributed by atoms with E-state index in [9.17, 15) is 18.4 Å². The average molecular weight is 538 g/mol. The van der Waals surface area contributed by atoms with Gasteiger partial charge in [0.2, 0.25) is 5.91 Å². The molecule has 192 valence electrons. The van der Waals surface area contributed by atoms with E-state index < -0.39 is 11.6 Å². The molecule has 0 aromatic heterocycles. The smallest absolute Gasteiger partial charge is 0.258 e. The number of carbonyl (C=O) groups is 2. The number of amides is 2. The number of hydrogen-bond donors (Lipinski definition) is 1. The molecule has 2 amide bonds. The second-order valence-corrected chi connectivity index (χ2v) is 10.9. The highest BCUT2D eigenvalue weighted by molar-refractivity contribution is 6.31. The molecule has 0 bridgehead atoms. The SMILES string of the molecule is O=C(COc1ccc(Cl)c(F)c1)NC1CCC(C(=O)N2CC3(C2)CN(c2ccc(Cl)c(F)c2)C3)CC1. The van der Waals surface area contributed by atoms with E-state index in [1.165, 1.54) is 18.2 Å². The number of halogens is 4. The van der Waals surface area contributed by atoms with Crippen LogP contribution in [0.1, 0.15) is 25.7 Å². The summed E-state index contributed by atoms with van der Waals surface area (Å²) in [6.45, 7) is 2.87. The van der Waals surface area contributed by atoms with Crippen LogP contribution in [0.2, 0.25) is 10.0 Å². The summed E-state index contributed by atoms with van der Waals surface area (Å²) in [5, 5.41) is 3.06. The van der Waals surface area contributed by atoms with Crippen LogP contribution in [0.5, 0.6) is 5.75 Å². The lowest BCUT2D eigenvalue weighted by Crippen LogP contribution is -2.73. The molecular weight excluding hydrogens is 511 g/mol. The van der Waals surface area contributed by atoms with Crippen molar-refractivity contribution in [3.05, 3.63) is 58.1 Å². The standard InChI is InChI=1S/C26H27Cl2F2N3O3/c27-20-7-5-18(9-22(20)29)32-12-26(13-32)14-33(15-26)25(35)16-1-3-17(4-2-16)31-24(34)11-36-19-6-8-21(28)23(30)10-19/h5-10,16-17H,1-4,11-15H2,(H,31,34). The topological polar surface area (TPSA) is 61.9 Å². The Bertz CT molecular complexity index is 1160. The fraction of sp³-hybridized carbons (Fsp3) is 0.462. The van der Waals surface area contributed by atoms with Crippen molar-refractivity contribution < 1.29 is 23.1 Å². The summed E-state index contributed by atoms with van der Waals surface area (Å²) in [7, 11) is 0. The molecule has 2 aliphatic heterocycles. The molecule has 0 unspecified atom stereocenters. The van der Waals surface area contributed by atoms with Crippen molar-refractivity contribution in [3.63, 3.8) is 0 Å². The molecule has 2 heterocycles. The van der Waals surface area contributed by atoms with E-state index >= 15 is 0 Å². The number of nitrogens with zero attached hydrogens (tertiary/aromatic N) is 2. The van der Waals surface area contributed by atoms with E-state index in [1.54, 1.807) is 6.07 Å². The van der Waals surface area contributed by atoms with E-state index in [0.717, 1.165) is 63.6 Å². The predicted molar refractivity (Wildman–Crippen MR) is 133 cm³/mol. The highest BCUT2D eigenvalue weighted by Crippen LogP contribution is 2.43. The maximum atomic E-state index is 13.7. The van der Waals surface area contributed by atoms with Crippen LogP contribution in [0.3, 0.4) is 0 Å². The number of anilines is 1. The second kappa shape index (κ2) is 10.1. The van der Waals surface area contributed by atoms with Crippen LogP contribution >= 0.6 is 23.2 Å². The summed E-state index contributed by atoms with van der Waals surface area (Å²) in [5.41, 5.74) is 0.919. The Balaban J connectivity index is 1.01. The maximum absolute atomic E-state index is 13.7. The van der Waals surface area contributed by atoms with Crippen LogP contribution in [0, 0.1) is 23.0 Å². The van der Waals surface area contributed by atoms with Crippen LogP contribution in [-0.4, -0.2) is 55.5 Å². The van der Waals surface area contributed by atoms with Crippen molar-refractivity contribution in [2.24, 2.45) is 11.3 Å². The van der Waals surface area contributed by atoms with E-state index in [0.29, 0.717) is 0 Å². The van der Waals surface area contributed by atoms with Gasteiger partial charge in [-0.1, -0.05) is 23.2 Å². The first-order valence-corrected chi connectivity index (χ1v) is 12.8. The summed E-state index contributed by atoms with van der Waals surface area (Å²) in [6, 6.07) is 8.87. The van der Waals surface area contributed by atoms with Gasteiger partial charge in [-0.05, 0) is 56.0 Å². The van der Waals surface area contributed by atoms with Crippen molar-refractivity contribution in [2.45, 2.75) is 31.7 Å². The van der Waals surface area contributed by atoms with E-state index in [-0.39, 0.29) is 51.6 Å². The lowest BCUT2D eigenvalue weighted by atomic mass is 9.71. The number of nitrogens with one attached hydrogen (secondary N) is 1. The first kappa shape index (κ1) is 25.1.